The Balaban J connectivity index is 2.74. The van der Waals surface area contributed by atoms with Crippen molar-refractivity contribution in [1.29, 1.82) is 5.26 Å². The van der Waals surface area contributed by atoms with E-state index in [0.29, 0.717) is 11.4 Å². The van der Waals surface area contributed by atoms with Crippen LogP contribution >= 0.6 is 11.8 Å². The maximum atomic E-state index is 11.4. The highest BCUT2D eigenvalue weighted by Crippen LogP contribution is 2.34. The van der Waals surface area contributed by atoms with Crippen LogP contribution in [0.1, 0.15) is 6.42 Å². The van der Waals surface area contributed by atoms with E-state index in [1.165, 1.54) is 22.7 Å². The first kappa shape index (κ1) is 10.1. The predicted octanol–water partition coefficient (Wildman–Crippen LogP) is 0.308. The molecule has 0 bridgehead atoms. The molecule has 1 N–H and O–H groups in total. The highest BCUT2D eigenvalue weighted by molar-refractivity contribution is 8.04. The molecular weight excluding hydrogens is 188 g/mol. The van der Waals surface area contributed by atoms with Crippen molar-refractivity contribution in [3.05, 3.63) is 11.1 Å². The van der Waals surface area contributed by atoms with Crippen LogP contribution in [-0.4, -0.2) is 34.8 Å². The van der Waals surface area contributed by atoms with Gasteiger partial charge in [-0.05, 0) is 6.42 Å². The zero-order valence-corrected chi connectivity index (χ0v) is 8.04. The van der Waals surface area contributed by atoms with E-state index < -0.39 is 0 Å². The van der Waals surface area contributed by atoms with Crippen LogP contribution in [0.15, 0.2) is 11.1 Å². The standard InChI is InChI=1S/C8H10N2O2S/c1-10-7(2-4-9)13-6(3-5-11)8(10)12/h2,6,11H,3,5H2,1H3/b7-2+. The minimum atomic E-state index is -0.227. The van der Waals surface area contributed by atoms with Crippen LogP contribution in [-0.2, 0) is 4.79 Å². The lowest BCUT2D eigenvalue weighted by atomic mass is 10.3. The van der Waals surface area contributed by atoms with Crippen LogP contribution in [0.5, 0.6) is 0 Å². The molecule has 1 unspecified atom stereocenters. The summed E-state index contributed by atoms with van der Waals surface area (Å²) in [5, 5.41) is 17.5. The average molecular weight is 198 g/mol. The summed E-state index contributed by atoms with van der Waals surface area (Å²) in [6.45, 7) is -0.00290. The number of nitrogens with zero attached hydrogens (tertiary/aromatic N) is 2. The van der Waals surface area contributed by atoms with Crippen molar-refractivity contribution in [2.45, 2.75) is 11.7 Å². The molecule has 0 aromatic heterocycles. The van der Waals surface area contributed by atoms with Gasteiger partial charge in [0.2, 0.25) is 5.91 Å². The summed E-state index contributed by atoms with van der Waals surface area (Å²) in [7, 11) is 1.63. The fourth-order valence-electron chi connectivity index (χ4n) is 1.09. The maximum absolute atomic E-state index is 11.4. The van der Waals surface area contributed by atoms with Crippen molar-refractivity contribution < 1.29 is 9.90 Å². The summed E-state index contributed by atoms with van der Waals surface area (Å²) in [5.41, 5.74) is 0. The molecule has 0 aromatic carbocycles. The predicted molar refractivity (Wildman–Crippen MR) is 49.5 cm³/mol. The minimum Gasteiger partial charge on any atom is -0.396 e. The first-order valence-corrected chi connectivity index (χ1v) is 4.73. The van der Waals surface area contributed by atoms with Crippen molar-refractivity contribution in [3.63, 3.8) is 0 Å². The Morgan fingerprint density at radius 3 is 3.08 bits per heavy atom. The number of hydrogen-bond acceptors (Lipinski definition) is 4. The zero-order valence-electron chi connectivity index (χ0n) is 7.23. The van der Waals surface area contributed by atoms with Gasteiger partial charge in [-0.2, -0.15) is 5.26 Å². The molecule has 1 atom stereocenters. The lowest BCUT2D eigenvalue weighted by Gasteiger charge is -2.07. The van der Waals surface area contributed by atoms with E-state index in [1.54, 1.807) is 7.05 Å². The Morgan fingerprint density at radius 2 is 2.54 bits per heavy atom. The molecule has 13 heavy (non-hydrogen) atoms. The number of amides is 1. The molecule has 1 saturated heterocycles. The minimum absolute atomic E-state index is 0.00290. The number of allylic oxidation sites excluding steroid dienone is 1. The van der Waals surface area contributed by atoms with Gasteiger partial charge in [-0.3, -0.25) is 4.79 Å². The van der Waals surface area contributed by atoms with E-state index >= 15 is 0 Å². The quantitative estimate of drug-likeness (QED) is 0.648. The molecule has 1 rings (SSSR count). The second kappa shape index (κ2) is 4.30. The molecule has 1 amide bonds. The highest BCUT2D eigenvalue weighted by atomic mass is 32.2. The average Bonchev–Trinajstić information content (AvgIpc) is 2.36. The van der Waals surface area contributed by atoms with Gasteiger partial charge in [0.15, 0.2) is 0 Å². The van der Waals surface area contributed by atoms with Crippen LogP contribution in [0.3, 0.4) is 0 Å². The molecule has 0 aromatic rings. The Bertz CT molecular complexity index is 282. The van der Waals surface area contributed by atoms with Crippen LogP contribution < -0.4 is 0 Å². The third-order valence-corrected chi connectivity index (χ3v) is 3.13. The van der Waals surface area contributed by atoms with E-state index in [0.717, 1.165) is 0 Å². The van der Waals surface area contributed by atoms with E-state index in [4.69, 9.17) is 10.4 Å². The van der Waals surface area contributed by atoms with Crippen molar-refractivity contribution in [3.8, 4) is 6.07 Å². The van der Waals surface area contributed by atoms with E-state index in [9.17, 15) is 4.79 Å². The number of carbonyl (C=O) groups excluding carboxylic acids is 1. The van der Waals surface area contributed by atoms with E-state index in [2.05, 4.69) is 0 Å². The van der Waals surface area contributed by atoms with Gasteiger partial charge in [-0.25, -0.2) is 0 Å². The third kappa shape index (κ3) is 2.02. The molecule has 5 heteroatoms. The first-order chi connectivity index (χ1) is 6.20. The second-order valence-electron chi connectivity index (χ2n) is 2.63. The van der Waals surface area contributed by atoms with Crippen molar-refractivity contribution in [2.75, 3.05) is 13.7 Å². The van der Waals surface area contributed by atoms with Gasteiger partial charge in [0.1, 0.15) is 0 Å². The Hall–Kier alpha value is -0.990. The number of aliphatic hydroxyl groups is 1. The number of nitriles is 1. The lowest BCUT2D eigenvalue weighted by molar-refractivity contribution is -0.126. The SMILES string of the molecule is CN1C(=O)C(CCO)S/C1=C/C#N. The smallest absolute Gasteiger partial charge is 0.240 e. The monoisotopic (exact) mass is 198 g/mol. The topological polar surface area (TPSA) is 64.3 Å². The van der Waals surface area contributed by atoms with Gasteiger partial charge >= 0.3 is 0 Å². The highest BCUT2D eigenvalue weighted by Gasteiger charge is 2.33. The van der Waals surface area contributed by atoms with Gasteiger partial charge in [0, 0.05) is 19.7 Å². The molecule has 0 spiro atoms. The summed E-state index contributed by atoms with van der Waals surface area (Å²) in [6.07, 6.45) is 1.79. The molecule has 1 fully saturated rings. The van der Waals surface area contributed by atoms with E-state index in [1.807, 2.05) is 6.07 Å². The molecule has 1 heterocycles. The number of rotatable bonds is 2. The second-order valence-corrected chi connectivity index (χ2v) is 3.85. The van der Waals surface area contributed by atoms with Crippen molar-refractivity contribution >= 4 is 17.7 Å². The summed E-state index contributed by atoms with van der Waals surface area (Å²) >= 11 is 1.33. The van der Waals surface area contributed by atoms with Gasteiger partial charge in [-0.15, -0.1) is 0 Å². The Morgan fingerprint density at radius 1 is 1.85 bits per heavy atom. The molecule has 70 valence electrons. The molecular formula is C8H10N2O2S. The Labute approximate surface area is 80.8 Å². The molecule has 0 saturated carbocycles. The van der Waals surface area contributed by atoms with Crippen LogP contribution in [0, 0.1) is 11.3 Å². The van der Waals surface area contributed by atoms with Gasteiger partial charge in [0.05, 0.1) is 16.3 Å². The van der Waals surface area contributed by atoms with Crippen LogP contribution in [0.4, 0.5) is 0 Å². The van der Waals surface area contributed by atoms with Gasteiger partial charge in [0.25, 0.3) is 0 Å². The fraction of sp³-hybridized carbons (Fsp3) is 0.500. The van der Waals surface area contributed by atoms with Crippen LogP contribution in [0.2, 0.25) is 0 Å². The Kier molecular flexibility index (Phi) is 3.34. The molecule has 1 aliphatic heterocycles. The maximum Gasteiger partial charge on any atom is 0.240 e. The number of thioether (sulfide) groups is 1. The number of aliphatic hydroxyl groups excluding tert-OH is 1. The van der Waals surface area contributed by atoms with Crippen molar-refractivity contribution in [1.82, 2.24) is 4.90 Å². The number of hydrogen-bond donors (Lipinski definition) is 1. The largest absolute Gasteiger partial charge is 0.396 e. The van der Waals surface area contributed by atoms with Crippen LogP contribution in [0.25, 0.3) is 0 Å². The third-order valence-electron chi connectivity index (χ3n) is 1.78. The van der Waals surface area contributed by atoms with E-state index in [-0.39, 0.29) is 17.8 Å². The summed E-state index contributed by atoms with van der Waals surface area (Å²) in [4.78, 5) is 12.9. The zero-order chi connectivity index (χ0) is 9.84. The summed E-state index contributed by atoms with van der Waals surface area (Å²) in [6, 6.07) is 1.88. The summed E-state index contributed by atoms with van der Waals surface area (Å²) in [5.74, 6) is -0.0412. The fourth-order valence-corrected chi connectivity index (χ4v) is 2.23. The molecule has 0 radical (unpaired) electrons. The first-order valence-electron chi connectivity index (χ1n) is 3.85. The normalized spacial score (nSPS) is 25.3. The van der Waals surface area contributed by atoms with Crippen molar-refractivity contribution in [2.24, 2.45) is 0 Å². The molecule has 4 nitrogen and oxygen atoms in total. The van der Waals surface area contributed by atoms with Gasteiger partial charge < -0.3 is 10.0 Å². The molecule has 1 aliphatic rings. The molecule has 0 aliphatic carbocycles. The number of carbonyl (C=O) groups is 1. The summed E-state index contributed by atoms with van der Waals surface area (Å²) < 4.78 is 0. The lowest BCUT2D eigenvalue weighted by Crippen LogP contribution is -2.25. The van der Waals surface area contributed by atoms with Gasteiger partial charge in [-0.1, -0.05) is 11.8 Å².